The summed E-state index contributed by atoms with van der Waals surface area (Å²) < 4.78 is 48.0. The van der Waals surface area contributed by atoms with Crippen LogP contribution in [0.15, 0.2) is 47.0 Å². The number of nitriles is 1. The zero-order valence-electron chi connectivity index (χ0n) is 16.6. The summed E-state index contributed by atoms with van der Waals surface area (Å²) in [5, 5.41) is 13.1. The molecule has 0 spiro atoms. The summed E-state index contributed by atoms with van der Waals surface area (Å²) >= 11 is 0. The topological polar surface area (TPSA) is 93.7 Å². The molecule has 0 fully saturated rings. The maximum absolute atomic E-state index is 13.6. The number of hydrogen-bond acceptors (Lipinski definition) is 5. The van der Waals surface area contributed by atoms with Crippen molar-refractivity contribution in [3.8, 4) is 17.5 Å². The van der Waals surface area contributed by atoms with E-state index < -0.39 is 11.7 Å². The molecule has 0 aliphatic carbocycles. The standard InChI is InChI=1S/C22H18F3N5O/c1-2-4-15-10-16-18(8-7-17(27)20(16)22(23,24)25)30(15)12-19-28-21(31-29-19)14-6-3-5-13(9-14)11-26/h3,5-10H,2,4,12,27H2,1H3. The van der Waals surface area contributed by atoms with E-state index in [0.717, 1.165) is 12.1 Å². The molecule has 0 amide bonds. The number of nitrogens with two attached hydrogens (primary N) is 1. The molecule has 2 N–H and O–H groups in total. The Morgan fingerprint density at radius 2 is 2.00 bits per heavy atom. The normalized spacial score (nSPS) is 11.7. The Morgan fingerprint density at radius 3 is 2.71 bits per heavy atom. The average Bonchev–Trinajstić information content (AvgIpc) is 3.33. The fraction of sp³-hybridized carbons (Fsp3) is 0.227. The second kappa shape index (κ2) is 7.80. The van der Waals surface area contributed by atoms with Gasteiger partial charge in [0.15, 0.2) is 5.82 Å². The maximum Gasteiger partial charge on any atom is 0.419 e. The molecule has 31 heavy (non-hydrogen) atoms. The second-order valence-electron chi connectivity index (χ2n) is 7.14. The molecule has 0 unspecified atom stereocenters. The monoisotopic (exact) mass is 425 g/mol. The van der Waals surface area contributed by atoms with Crippen molar-refractivity contribution in [3.05, 3.63) is 65.1 Å². The number of nitrogens with zero attached hydrogens (tertiary/aromatic N) is 4. The van der Waals surface area contributed by atoms with Crippen LogP contribution in [0.1, 0.15) is 36.0 Å². The first-order valence-electron chi connectivity index (χ1n) is 9.62. The molecular formula is C22H18F3N5O. The fourth-order valence-corrected chi connectivity index (χ4v) is 3.67. The van der Waals surface area contributed by atoms with E-state index in [1.54, 1.807) is 34.9 Å². The van der Waals surface area contributed by atoms with Gasteiger partial charge in [0.05, 0.1) is 23.7 Å². The van der Waals surface area contributed by atoms with Gasteiger partial charge in [-0.15, -0.1) is 0 Å². The Hall–Kier alpha value is -3.80. The van der Waals surface area contributed by atoms with E-state index in [2.05, 4.69) is 10.1 Å². The highest BCUT2D eigenvalue weighted by Crippen LogP contribution is 2.40. The van der Waals surface area contributed by atoms with Crippen LogP contribution in [-0.4, -0.2) is 14.7 Å². The van der Waals surface area contributed by atoms with Gasteiger partial charge in [-0.1, -0.05) is 24.6 Å². The van der Waals surface area contributed by atoms with Crippen molar-refractivity contribution in [1.29, 1.82) is 5.26 Å². The van der Waals surface area contributed by atoms with Crippen LogP contribution in [0.2, 0.25) is 0 Å². The summed E-state index contributed by atoms with van der Waals surface area (Å²) in [4.78, 5) is 4.37. The Morgan fingerprint density at radius 1 is 1.19 bits per heavy atom. The molecule has 0 aliphatic rings. The van der Waals surface area contributed by atoms with Gasteiger partial charge in [-0.05, 0) is 42.8 Å². The molecule has 0 aliphatic heterocycles. The van der Waals surface area contributed by atoms with Gasteiger partial charge in [0.2, 0.25) is 0 Å². The SMILES string of the molecule is CCCc1cc2c(C(F)(F)F)c(N)ccc2n1Cc1noc(-c2cccc(C#N)c2)n1. The van der Waals surface area contributed by atoms with Crippen LogP contribution >= 0.6 is 0 Å². The first kappa shape index (κ1) is 20.5. The first-order chi connectivity index (χ1) is 14.8. The van der Waals surface area contributed by atoms with Crippen LogP contribution in [0.5, 0.6) is 0 Å². The number of fused-ring (bicyclic) bond motifs is 1. The molecule has 9 heteroatoms. The van der Waals surface area contributed by atoms with Gasteiger partial charge in [-0.2, -0.15) is 23.4 Å². The van der Waals surface area contributed by atoms with Crippen LogP contribution in [0.4, 0.5) is 18.9 Å². The minimum absolute atomic E-state index is 0.0568. The van der Waals surface area contributed by atoms with E-state index >= 15 is 0 Å². The Bertz CT molecular complexity index is 1300. The lowest BCUT2D eigenvalue weighted by atomic mass is 10.1. The van der Waals surface area contributed by atoms with Gasteiger partial charge in [0, 0.05) is 27.8 Å². The zero-order valence-corrected chi connectivity index (χ0v) is 16.6. The second-order valence-corrected chi connectivity index (χ2v) is 7.14. The average molecular weight is 425 g/mol. The molecule has 2 aromatic heterocycles. The van der Waals surface area contributed by atoms with E-state index in [9.17, 15) is 13.2 Å². The van der Waals surface area contributed by atoms with Gasteiger partial charge in [-0.3, -0.25) is 0 Å². The third-order valence-corrected chi connectivity index (χ3v) is 5.00. The number of rotatable bonds is 5. The number of halogens is 3. The number of aromatic nitrogens is 3. The Labute approximate surface area is 175 Å². The summed E-state index contributed by atoms with van der Waals surface area (Å²) in [6.07, 6.45) is -3.23. The molecule has 0 radical (unpaired) electrons. The van der Waals surface area contributed by atoms with Crippen LogP contribution in [-0.2, 0) is 19.1 Å². The lowest BCUT2D eigenvalue weighted by Crippen LogP contribution is -2.10. The molecule has 0 atom stereocenters. The lowest BCUT2D eigenvalue weighted by molar-refractivity contribution is -0.135. The van der Waals surface area contributed by atoms with Crippen molar-refractivity contribution in [2.45, 2.75) is 32.5 Å². The van der Waals surface area contributed by atoms with E-state index in [1.807, 2.05) is 13.0 Å². The van der Waals surface area contributed by atoms with Crippen molar-refractivity contribution in [2.75, 3.05) is 5.73 Å². The number of hydrogen-bond donors (Lipinski definition) is 1. The summed E-state index contributed by atoms with van der Waals surface area (Å²) in [7, 11) is 0. The van der Waals surface area contributed by atoms with Crippen molar-refractivity contribution in [2.24, 2.45) is 0 Å². The van der Waals surface area contributed by atoms with E-state index in [0.29, 0.717) is 28.9 Å². The lowest BCUT2D eigenvalue weighted by Gasteiger charge is -2.12. The van der Waals surface area contributed by atoms with Crippen LogP contribution in [0.3, 0.4) is 0 Å². The number of anilines is 1. The summed E-state index contributed by atoms with van der Waals surface area (Å²) in [6, 6.07) is 13.2. The van der Waals surface area contributed by atoms with Gasteiger partial charge in [-0.25, -0.2) is 0 Å². The molecule has 0 saturated carbocycles. The molecule has 4 rings (SSSR count). The van der Waals surface area contributed by atoms with Gasteiger partial charge >= 0.3 is 6.18 Å². The molecule has 2 heterocycles. The first-order valence-corrected chi connectivity index (χ1v) is 9.62. The van der Waals surface area contributed by atoms with Crippen LogP contribution < -0.4 is 5.73 Å². The minimum Gasteiger partial charge on any atom is -0.398 e. The highest BCUT2D eigenvalue weighted by molar-refractivity contribution is 5.89. The van der Waals surface area contributed by atoms with Gasteiger partial charge < -0.3 is 14.8 Å². The number of benzene rings is 2. The predicted octanol–water partition coefficient (Wildman–Crippen LogP) is 5.16. The predicted molar refractivity (Wildman–Crippen MR) is 109 cm³/mol. The number of aryl methyl sites for hydroxylation is 1. The van der Waals surface area contributed by atoms with Crippen LogP contribution in [0, 0.1) is 11.3 Å². The molecule has 6 nitrogen and oxygen atoms in total. The summed E-state index contributed by atoms with van der Waals surface area (Å²) in [6.45, 7) is 2.09. The fourth-order valence-electron chi connectivity index (χ4n) is 3.67. The van der Waals surface area contributed by atoms with Crippen molar-refractivity contribution >= 4 is 16.6 Å². The molecule has 0 saturated heterocycles. The molecule has 4 aromatic rings. The number of alkyl halides is 3. The smallest absolute Gasteiger partial charge is 0.398 e. The summed E-state index contributed by atoms with van der Waals surface area (Å²) in [5.41, 5.74) is 6.70. The van der Waals surface area contributed by atoms with E-state index in [1.165, 1.54) is 12.1 Å². The maximum atomic E-state index is 13.6. The van der Waals surface area contributed by atoms with E-state index in [-0.39, 0.29) is 23.5 Å². The third-order valence-electron chi connectivity index (χ3n) is 5.00. The third kappa shape index (κ3) is 3.84. The van der Waals surface area contributed by atoms with Gasteiger partial charge in [0.1, 0.15) is 0 Å². The molecule has 0 bridgehead atoms. The van der Waals surface area contributed by atoms with Crippen molar-refractivity contribution in [1.82, 2.24) is 14.7 Å². The van der Waals surface area contributed by atoms with Crippen molar-refractivity contribution in [3.63, 3.8) is 0 Å². The highest BCUT2D eigenvalue weighted by Gasteiger charge is 2.36. The van der Waals surface area contributed by atoms with E-state index in [4.69, 9.17) is 15.5 Å². The Kier molecular flexibility index (Phi) is 5.15. The van der Waals surface area contributed by atoms with Gasteiger partial charge in [0.25, 0.3) is 5.89 Å². The number of nitrogen functional groups attached to an aromatic ring is 1. The largest absolute Gasteiger partial charge is 0.419 e. The van der Waals surface area contributed by atoms with Crippen LogP contribution in [0.25, 0.3) is 22.4 Å². The highest BCUT2D eigenvalue weighted by atomic mass is 19.4. The zero-order chi connectivity index (χ0) is 22.2. The molecule has 158 valence electrons. The molecule has 2 aromatic carbocycles. The molecular weight excluding hydrogens is 407 g/mol. The minimum atomic E-state index is -4.57. The quantitative estimate of drug-likeness (QED) is 0.446. The Balaban J connectivity index is 1.77. The van der Waals surface area contributed by atoms with Crippen molar-refractivity contribution < 1.29 is 17.7 Å². The summed E-state index contributed by atoms with van der Waals surface area (Å²) in [5.74, 6) is 0.554.